The third kappa shape index (κ3) is 0.727. The first-order valence-corrected chi connectivity index (χ1v) is 3.16. The van der Waals surface area contributed by atoms with E-state index in [-0.39, 0.29) is 11.7 Å². The van der Waals surface area contributed by atoms with E-state index in [1.165, 1.54) is 12.2 Å². The van der Waals surface area contributed by atoms with Gasteiger partial charge in [-0.25, -0.2) is 4.39 Å². The SMILES string of the molecule is FC1=CC2=NC=C[C@H]2C=C1. The maximum absolute atomic E-state index is 12.5. The molecule has 0 fully saturated rings. The average molecular weight is 135 g/mol. The highest BCUT2D eigenvalue weighted by Gasteiger charge is 2.15. The molecule has 0 bridgehead atoms. The van der Waals surface area contributed by atoms with Crippen LogP contribution in [0.15, 0.2) is 41.3 Å². The van der Waals surface area contributed by atoms with Crippen molar-refractivity contribution in [2.24, 2.45) is 10.9 Å². The molecule has 0 aromatic heterocycles. The summed E-state index contributed by atoms with van der Waals surface area (Å²) in [5, 5.41) is 0. The summed E-state index contributed by atoms with van der Waals surface area (Å²) in [6, 6.07) is 0. The van der Waals surface area contributed by atoms with E-state index in [1.807, 2.05) is 6.08 Å². The first-order valence-electron chi connectivity index (χ1n) is 3.16. The highest BCUT2D eigenvalue weighted by atomic mass is 19.1. The Morgan fingerprint density at radius 2 is 2.30 bits per heavy atom. The topological polar surface area (TPSA) is 12.4 Å². The maximum Gasteiger partial charge on any atom is 0.124 e. The summed E-state index contributed by atoms with van der Waals surface area (Å²) in [7, 11) is 0. The zero-order chi connectivity index (χ0) is 6.97. The van der Waals surface area contributed by atoms with Crippen LogP contribution in [0.3, 0.4) is 0 Å². The van der Waals surface area contributed by atoms with Gasteiger partial charge in [-0.1, -0.05) is 12.2 Å². The van der Waals surface area contributed by atoms with Gasteiger partial charge in [0.25, 0.3) is 0 Å². The van der Waals surface area contributed by atoms with E-state index in [0.29, 0.717) is 0 Å². The van der Waals surface area contributed by atoms with E-state index in [0.717, 1.165) is 5.71 Å². The largest absolute Gasteiger partial charge is 0.261 e. The van der Waals surface area contributed by atoms with Gasteiger partial charge in [-0.15, -0.1) is 0 Å². The second-order valence-electron chi connectivity index (χ2n) is 2.31. The molecule has 0 spiro atoms. The number of hydrogen-bond donors (Lipinski definition) is 0. The lowest BCUT2D eigenvalue weighted by Crippen LogP contribution is -2.06. The molecule has 0 amide bonds. The van der Waals surface area contributed by atoms with Crippen LogP contribution >= 0.6 is 0 Å². The van der Waals surface area contributed by atoms with Crippen molar-refractivity contribution in [3.63, 3.8) is 0 Å². The molecule has 2 heteroatoms. The third-order valence-corrected chi connectivity index (χ3v) is 1.61. The second kappa shape index (κ2) is 1.90. The van der Waals surface area contributed by atoms with Gasteiger partial charge in [0, 0.05) is 12.1 Å². The standard InChI is InChI=1S/C8H6FN/c9-7-2-1-6-3-4-10-8(6)5-7/h1-6H/t6-/m1/s1. The first kappa shape index (κ1) is 5.59. The van der Waals surface area contributed by atoms with Crippen LogP contribution in [0, 0.1) is 5.92 Å². The zero-order valence-corrected chi connectivity index (χ0v) is 5.29. The third-order valence-electron chi connectivity index (χ3n) is 1.61. The minimum Gasteiger partial charge on any atom is -0.261 e. The minimum atomic E-state index is -0.210. The normalized spacial score (nSPS) is 27.9. The summed E-state index contributed by atoms with van der Waals surface area (Å²) in [4.78, 5) is 3.98. The molecule has 0 saturated carbocycles. The van der Waals surface area contributed by atoms with Crippen molar-refractivity contribution >= 4 is 5.71 Å². The molecule has 1 nitrogen and oxygen atoms in total. The smallest absolute Gasteiger partial charge is 0.124 e. The van der Waals surface area contributed by atoms with Gasteiger partial charge in [0.1, 0.15) is 5.83 Å². The van der Waals surface area contributed by atoms with Gasteiger partial charge in [-0.3, -0.25) is 4.99 Å². The summed E-state index contributed by atoms with van der Waals surface area (Å²) >= 11 is 0. The van der Waals surface area contributed by atoms with Crippen molar-refractivity contribution in [1.82, 2.24) is 0 Å². The van der Waals surface area contributed by atoms with Gasteiger partial charge >= 0.3 is 0 Å². The zero-order valence-electron chi connectivity index (χ0n) is 5.29. The molecule has 2 aliphatic rings. The number of allylic oxidation sites excluding steroid dienone is 5. The van der Waals surface area contributed by atoms with Gasteiger partial charge in [0.15, 0.2) is 0 Å². The summed E-state index contributed by atoms with van der Waals surface area (Å²) in [5.74, 6) is 0.0122. The Hall–Kier alpha value is -1.18. The number of hydrogen-bond acceptors (Lipinski definition) is 1. The quantitative estimate of drug-likeness (QED) is 0.481. The van der Waals surface area contributed by atoms with Crippen molar-refractivity contribution in [2.75, 3.05) is 0 Å². The van der Waals surface area contributed by atoms with Crippen LogP contribution in [0.25, 0.3) is 0 Å². The van der Waals surface area contributed by atoms with Crippen LogP contribution < -0.4 is 0 Å². The molecule has 1 aliphatic heterocycles. The van der Waals surface area contributed by atoms with Crippen molar-refractivity contribution < 1.29 is 4.39 Å². The van der Waals surface area contributed by atoms with Gasteiger partial charge < -0.3 is 0 Å². The fourth-order valence-corrected chi connectivity index (χ4v) is 1.09. The summed E-state index contributed by atoms with van der Waals surface area (Å²) in [5.41, 5.74) is 0.806. The Morgan fingerprint density at radius 3 is 3.20 bits per heavy atom. The van der Waals surface area contributed by atoms with Gasteiger partial charge in [0.2, 0.25) is 0 Å². The van der Waals surface area contributed by atoms with E-state index in [9.17, 15) is 4.39 Å². The van der Waals surface area contributed by atoms with Crippen molar-refractivity contribution in [3.8, 4) is 0 Å². The molecule has 0 radical (unpaired) electrons. The molecule has 0 saturated heterocycles. The molecule has 0 N–H and O–H groups in total. The molecular formula is C8H6FN. The molecule has 0 aromatic rings. The van der Waals surface area contributed by atoms with Crippen molar-refractivity contribution in [1.29, 1.82) is 0 Å². The van der Waals surface area contributed by atoms with Crippen molar-refractivity contribution in [2.45, 2.75) is 0 Å². The molecule has 1 atom stereocenters. The first-order chi connectivity index (χ1) is 4.86. The van der Waals surface area contributed by atoms with E-state index >= 15 is 0 Å². The molecule has 1 heterocycles. The Morgan fingerprint density at radius 1 is 1.40 bits per heavy atom. The molecule has 0 unspecified atom stereocenters. The summed E-state index contributed by atoms with van der Waals surface area (Å²) in [6.07, 6.45) is 8.38. The number of rotatable bonds is 0. The predicted octanol–water partition coefficient (Wildman–Crippen LogP) is 1.99. The minimum absolute atomic E-state index is 0.210. The second-order valence-corrected chi connectivity index (χ2v) is 2.31. The van der Waals surface area contributed by atoms with E-state index < -0.39 is 0 Å². The van der Waals surface area contributed by atoms with Gasteiger partial charge in [0.05, 0.1) is 5.71 Å². The summed E-state index contributed by atoms with van der Waals surface area (Å²) in [6.45, 7) is 0. The molecule has 50 valence electrons. The van der Waals surface area contributed by atoms with Crippen LogP contribution in [-0.2, 0) is 0 Å². The van der Waals surface area contributed by atoms with Gasteiger partial charge in [-0.2, -0.15) is 0 Å². The maximum atomic E-state index is 12.5. The highest BCUT2D eigenvalue weighted by molar-refractivity contribution is 6.02. The Balaban J connectivity index is 2.39. The number of halogens is 1. The Labute approximate surface area is 58.3 Å². The fraction of sp³-hybridized carbons (Fsp3) is 0.125. The number of fused-ring (bicyclic) bond motifs is 1. The number of aliphatic imine (C=N–C) groups is 1. The lowest BCUT2D eigenvalue weighted by molar-refractivity contribution is 0.664. The highest BCUT2D eigenvalue weighted by Crippen LogP contribution is 2.20. The van der Waals surface area contributed by atoms with Crippen LogP contribution in [0.2, 0.25) is 0 Å². The van der Waals surface area contributed by atoms with E-state index in [1.54, 1.807) is 12.3 Å². The van der Waals surface area contributed by atoms with Crippen LogP contribution in [0.1, 0.15) is 0 Å². The molecule has 0 aromatic carbocycles. The van der Waals surface area contributed by atoms with E-state index in [4.69, 9.17) is 0 Å². The monoisotopic (exact) mass is 135 g/mol. The molecule has 10 heavy (non-hydrogen) atoms. The van der Waals surface area contributed by atoms with Crippen LogP contribution in [0.4, 0.5) is 4.39 Å². The van der Waals surface area contributed by atoms with Crippen LogP contribution in [0.5, 0.6) is 0 Å². The lowest BCUT2D eigenvalue weighted by Gasteiger charge is -2.06. The molecule has 2 rings (SSSR count). The van der Waals surface area contributed by atoms with Crippen LogP contribution in [-0.4, -0.2) is 5.71 Å². The predicted molar refractivity (Wildman–Crippen MR) is 38.4 cm³/mol. The molecular weight excluding hydrogens is 129 g/mol. The van der Waals surface area contributed by atoms with E-state index in [2.05, 4.69) is 4.99 Å². The number of nitrogens with zero attached hydrogens (tertiary/aromatic N) is 1. The Bertz CT molecular complexity index is 271. The average Bonchev–Trinajstić information content (AvgIpc) is 2.33. The molecule has 1 aliphatic carbocycles. The van der Waals surface area contributed by atoms with Crippen molar-refractivity contribution in [3.05, 3.63) is 36.3 Å². The fourth-order valence-electron chi connectivity index (χ4n) is 1.09. The summed E-state index contributed by atoms with van der Waals surface area (Å²) < 4.78 is 12.5. The lowest BCUT2D eigenvalue weighted by atomic mass is 10.00. The van der Waals surface area contributed by atoms with Gasteiger partial charge in [-0.05, 0) is 12.2 Å². The Kier molecular flexibility index (Phi) is 1.07.